The molecule has 0 saturated heterocycles. The topological polar surface area (TPSA) is 97.2 Å². The molecule has 6 nitrogen and oxygen atoms in total. The van der Waals surface area contributed by atoms with Crippen LogP contribution in [0.5, 0.6) is 0 Å². The lowest BCUT2D eigenvalue weighted by atomic mass is 10.4. The summed E-state index contributed by atoms with van der Waals surface area (Å²) in [6.07, 6.45) is 0.296. The van der Waals surface area contributed by atoms with Crippen LogP contribution in [0.1, 0.15) is 22.6 Å². The number of H-pyrrole nitrogens is 1. The summed E-state index contributed by atoms with van der Waals surface area (Å²) >= 11 is 0. The summed E-state index contributed by atoms with van der Waals surface area (Å²) in [4.78, 5) is 24.5. The van der Waals surface area contributed by atoms with Crippen LogP contribution in [0.3, 0.4) is 0 Å². The molecule has 0 saturated carbocycles. The van der Waals surface area contributed by atoms with Gasteiger partial charge in [0.05, 0.1) is 7.11 Å². The summed E-state index contributed by atoms with van der Waals surface area (Å²) in [5.74, 6) is -0.738. The zero-order valence-corrected chi connectivity index (χ0v) is 9.08. The van der Waals surface area contributed by atoms with E-state index in [1.165, 1.54) is 7.11 Å². The highest BCUT2D eigenvalue weighted by atomic mass is 16.5. The minimum Gasteiger partial charge on any atom is -0.464 e. The molecule has 0 aliphatic carbocycles. The molecule has 1 rings (SSSR count). The first-order chi connectivity index (χ1) is 7.63. The third-order valence-corrected chi connectivity index (χ3v) is 2.02. The maximum absolute atomic E-state index is 11.1. The van der Waals surface area contributed by atoms with E-state index in [1.54, 1.807) is 12.1 Å². The van der Waals surface area contributed by atoms with Crippen LogP contribution in [-0.2, 0) is 16.1 Å². The van der Waals surface area contributed by atoms with Gasteiger partial charge >= 0.3 is 5.97 Å². The van der Waals surface area contributed by atoms with Gasteiger partial charge in [0.2, 0.25) is 5.91 Å². The van der Waals surface area contributed by atoms with Gasteiger partial charge in [0.15, 0.2) is 0 Å². The van der Waals surface area contributed by atoms with Gasteiger partial charge in [0, 0.05) is 25.2 Å². The predicted molar refractivity (Wildman–Crippen MR) is 57.7 cm³/mol. The Morgan fingerprint density at radius 1 is 1.50 bits per heavy atom. The van der Waals surface area contributed by atoms with Gasteiger partial charge in [-0.25, -0.2) is 4.79 Å². The number of aromatic amines is 1. The maximum Gasteiger partial charge on any atom is 0.354 e. The first-order valence-corrected chi connectivity index (χ1v) is 4.88. The molecule has 0 bridgehead atoms. The highest BCUT2D eigenvalue weighted by Crippen LogP contribution is 2.02. The number of nitrogens with two attached hydrogens (primary N) is 1. The second-order valence-electron chi connectivity index (χ2n) is 3.28. The van der Waals surface area contributed by atoms with Crippen molar-refractivity contribution in [2.24, 2.45) is 5.73 Å². The van der Waals surface area contributed by atoms with Crippen LogP contribution in [0.4, 0.5) is 0 Å². The van der Waals surface area contributed by atoms with Gasteiger partial charge in [0.25, 0.3) is 0 Å². The molecule has 0 unspecified atom stereocenters. The lowest BCUT2D eigenvalue weighted by Crippen LogP contribution is -2.21. The van der Waals surface area contributed by atoms with Crippen LogP contribution in [0, 0.1) is 0 Å². The van der Waals surface area contributed by atoms with Crippen molar-refractivity contribution in [3.63, 3.8) is 0 Å². The number of nitrogens with one attached hydrogen (secondary N) is 2. The number of hydrogen-bond donors (Lipinski definition) is 3. The molecule has 0 radical (unpaired) electrons. The van der Waals surface area contributed by atoms with E-state index in [0.29, 0.717) is 25.2 Å². The van der Waals surface area contributed by atoms with Crippen LogP contribution in [-0.4, -0.2) is 30.5 Å². The smallest absolute Gasteiger partial charge is 0.354 e. The van der Waals surface area contributed by atoms with Crippen LogP contribution in [0.15, 0.2) is 12.1 Å². The molecule has 6 heteroatoms. The van der Waals surface area contributed by atoms with Crippen molar-refractivity contribution in [1.29, 1.82) is 0 Å². The van der Waals surface area contributed by atoms with Crippen molar-refractivity contribution in [2.75, 3.05) is 13.7 Å². The molecule has 1 aromatic heterocycles. The molecule has 1 aromatic rings. The minimum absolute atomic E-state index is 0.296. The van der Waals surface area contributed by atoms with Crippen molar-refractivity contribution < 1.29 is 14.3 Å². The summed E-state index contributed by atoms with van der Waals surface area (Å²) < 4.78 is 4.55. The molecule has 0 spiro atoms. The second-order valence-corrected chi connectivity index (χ2v) is 3.28. The summed E-state index contributed by atoms with van der Waals surface area (Å²) in [7, 11) is 1.33. The Hall–Kier alpha value is -1.82. The molecule has 88 valence electrons. The van der Waals surface area contributed by atoms with Gasteiger partial charge in [-0.2, -0.15) is 0 Å². The zero-order valence-electron chi connectivity index (χ0n) is 9.08. The molecule has 0 aliphatic heterocycles. The molecule has 1 heterocycles. The Balaban J connectivity index is 2.35. The Morgan fingerprint density at radius 3 is 2.88 bits per heavy atom. The van der Waals surface area contributed by atoms with E-state index in [-0.39, 0.29) is 5.91 Å². The standard InChI is InChI=1S/C10H15N3O3/c1-16-10(15)8-3-2-7(13-8)6-12-5-4-9(11)14/h2-3,12-13H,4-6H2,1H3,(H2,11,14). The number of aromatic nitrogens is 1. The molecule has 0 atom stereocenters. The van der Waals surface area contributed by atoms with Gasteiger partial charge < -0.3 is 20.8 Å². The van der Waals surface area contributed by atoms with Crippen molar-refractivity contribution in [1.82, 2.24) is 10.3 Å². The number of carbonyl (C=O) groups excluding carboxylic acids is 2. The van der Waals surface area contributed by atoms with Crippen molar-refractivity contribution in [3.05, 3.63) is 23.5 Å². The Bertz CT molecular complexity index is 373. The first kappa shape index (κ1) is 12.3. The monoisotopic (exact) mass is 225 g/mol. The number of methoxy groups -OCH3 is 1. The molecule has 0 aromatic carbocycles. The molecule has 4 N–H and O–H groups in total. The van der Waals surface area contributed by atoms with E-state index in [2.05, 4.69) is 15.0 Å². The molecular weight excluding hydrogens is 210 g/mol. The average molecular weight is 225 g/mol. The molecular formula is C10H15N3O3. The summed E-state index contributed by atoms with van der Waals surface area (Å²) in [6, 6.07) is 3.43. The van der Waals surface area contributed by atoms with Gasteiger partial charge in [0.1, 0.15) is 5.69 Å². The van der Waals surface area contributed by atoms with Crippen LogP contribution < -0.4 is 11.1 Å². The molecule has 16 heavy (non-hydrogen) atoms. The lowest BCUT2D eigenvalue weighted by molar-refractivity contribution is -0.117. The van der Waals surface area contributed by atoms with Crippen LogP contribution in [0.25, 0.3) is 0 Å². The number of primary amides is 1. The third-order valence-electron chi connectivity index (χ3n) is 2.02. The van der Waals surface area contributed by atoms with Gasteiger partial charge in [-0.1, -0.05) is 0 Å². The van der Waals surface area contributed by atoms with E-state index in [1.807, 2.05) is 0 Å². The number of hydrogen-bond acceptors (Lipinski definition) is 4. The maximum atomic E-state index is 11.1. The highest BCUT2D eigenvalue weighted by Gasteiger charge is 2.07. The molecule has 0 aliphatic rings. The summed E-state index contributed by atoms with van der Waals surface area (Å²) in [5, 5.41) is 3.02. The Kier molecular flexibility index (Phi) is 4.53. The summed E-state index contributed by atoms with van der Waals surface area (Å²) in [5.41, 5.74) is 6.25. The zero-order chi connectivity index (χ0) is 12.0. The first-order valence-electron chi connectivity index (χ1n) is 4.88. The Labute approximate surface area is 93.2 Å². The second kappa shape index (κ2) is 5.92. The highest BCUT2D eigenvalue weighted by molar-refractivity contribution is 5.87. The number of carbonyl (C=O) groups is 2. The minimum atomic E-state index is -0.400. The SMILES string of the molecule is COC(=O)c1ccc(CNCCC(N)=O)[nH]1. The normalized spacial score (nSPS) is 10.1. The number of ether oxygens (including phenoxy) is 1. The third kappa shape index (κ3) is 3.74. The predicted octanol–water partition coefficient (Wildman–Crippen LogP) is -0.234. The van der Waals surface area contributed by atoms with E-state index in [0.717, 1.165) is 5.69 Å². The number of amides is 1. The fourth-order valence-corrected chi connectivity index (χ4v) is 1.21. The fourth-order valence-electron chi connectivity index (χ4n) is 1.21. The van der Waals surface area contributed by atoms with Crippen molar-refractivity contribution in [2.45, 2.75) is 13.0 Å². The van der Waals surface area contributed by atoms with Crippen molar-refractivity contribution in [3.8, 4) is 0 Å². The largest absolute Gasteiger partial charge is 0.464 e. The average Bonchev–Trinajstić information content (AvgIpc) is 2.71. The number of rotatable bonds is 6. The summed E-state index contributed by atoms with van der Waals surface area (Å²) in [6.45, 7) is 1.06. The van der Waals surface area contributed by atoms with E-state index < -0.39 is 5.97 Å². The van der Waals surface area contributed by atoms with E-state index in [4.69, 9.17) is 5.73 Å². The molecule has 0 fully saturated rings. The van der Waals surface area contributed by atoms with Gasteiger partial charge in [-0.3, -0.25) is 4.79 Å². The Morgan fingerprint density at radius 2 is 2.25 bits per heavy atom. The van der Waals surface area contributed by atoms with Crippen LogP contribution in [0.2, 0.25) is 0 Å². The van der Waals surface area contributed by atoms with E-state index >= 15 is 0 Å². The van der Waals surface area contributed by atoms with Crippen LogP contribution >= 0.6 is 0 Å². The van der Waals surface area contributed by atoms with Crippen molar-refractivity contribution >= 4 is 11.9 Å². The number of esters is 1. The fraction of sp³-hybridized carbons (Fsp3) is 0.400. The van der Waals surface area contributed by atoms with Gasteiger partial charge in [-0.15, -0.1) is 0 Å². The lowest BCUT2D eigenvalue weighted by Gasteiger charge is -2.00. The molecule has 1 amide bonds. The quantitative estimate of drug-likeness (QED) is 0.460. The van der Waals surface area contributed by atoms with E-state index in [9.17, 15) is 9.59 Å². The van der Waals surface area contributed by atoms with Gasteiger partial charge in [-0.05, 0) is 12.1 Å².